The van der Waals surface area contributed by atoms with E-state index in [1.54, 1.807) is 0 Å². The van der Waals surface area contributed by atoms with Crippen LogP contribution >= 0.6 is 15.9 Å². The molecule has 0 unspecified atom stereocenters. The van der Waals surface area contributed by atoms with Crippen molar-refractivity contribution in [1.29, 1.82) is 0 Å². The van der Waals surface area contributed by atoms with Gasteiger partial charge in [-0.2, -0.15) is 0 Å². The smallest absolute Gasteiger partial charge is 0.324 e. The zero-order chi connectivity index (χ0) is 13.3. The first-order chi connectivity index (χ1) is 8.53. The summed E-state index contributed by atoms with van der Waals surface area (Å²) in [5.74, 6) is -0.709. The Morgan fingerprint density at radius 2 is 1.94 bits per heavy atom. The first-order valence-electron chi connectivity index (χ1n) is 6.29. The number of hydrogen-bond donors (Lipinski definition) is 1. The molecule has 3 nitrogen and oxygen atoms in total. The molecule has 0 bridgehead atoms. The third-order valence-electron chi connectivity index (χ3n) is 4.06. The Morgan fingerprint density at radius 3 is 2.50 bits per heavy atom. The van der Waals surface area contributed by atoms with Gasteiger partial charge in [-0.3, -0.25) is 9.69 Å². The summed E-state index contributed by atoms with van der Waals surface area (Å²) in [7, 11) is 0. The standard InChI is InChI=1S/C14H18BrNO2/c1-3-14(4-2,13(17)18)16-8-10-5-6-12(15)7-11(10)9-16/h5-7H,3-4,8-9H2,1-2H3,(H,17,18). The molecule has 1 aromatic rings. The van der Waals surface area contributed by atoms with Crippen molar-refractivity contribution in [3.63, 3.8) is 0 Å². The van der Waals surface area contributed by atoms with E-state index in [-0.39, 0.29) is 0 Å². The van der Waals surface area contributed by atoms with E-state index < -0.39 is 11.5 Å². The van der Waals surface area contributed by atoms with Crippen LogP contribution in [-0.4, -0.2) is 21.5 Å². The first kappa shape index (κ1) is 13.6. The molecule has 1 aliphatic heterocycles. The molecule has 2 rings (SSSR count). The van der Waals surface area contributed by atoms with Gasteiger partial charge in [-0.15, -0.1) is 0 Å². The maximum atomic E-state index is 11.6. The van der Waals surface area contributed by atoms with E-state index in [0.29, 0.717) is 12.8 Å². The zero-order valence-corrected chi connectivity index (χ0v) is 12.3. The molecular formula is C14H18BrNO2. The van der Waals surface area contributed by atoms with Crippen molar-refractivity contribution in [1.82, 2.24) is 4.90 Å². The predicted octanol–water partition coefficient (Wildman–Crippen LogP) is 3.41. The molecule has 18 heavy (non-hydrogen) atoms. The number of nitrogens with zero attached hydrogens (tertiary/aromatic N) is 1. The van der Waals surface area contributed by atoms with Crippen LogP contribution in [0.2, 0.25) is 0 Å². The highest BCUT2D eigenvalue weighted by molar-refractivity contribution is 9.10. The molecule has 1 heterocycles. The highest BCUT2D eigenvalue weighted by Crippen LogP contribution is 2.34. The van der Waals surface area contributed by atoms with E-state index in [1.807, 2.05) is 19.9 Å². The van der Waals surface area contributed by atoms with Crippen molar-refractivity contribution in [3.05, 3.63) is 33.8 Å². The minimum absolute atomic E-state index is 0.633. The Hall–Kier alpha value is -0.870. The van der Waals surface area contributed by atoms with E-state index >= 15 is 0 Å². The summed E-state index contributed by atoms with van der Waals surface area (Å²) in [6.07, 6.45) is 1.27. The molecule has 0 saturated carbocycles. The number of fused-ring (bicyclic) bond motifs is 1. The maximum absolute atomic E-state index is 11.6. The Balaban J connectivity index is 2.31. The molecule has 0 aliphatic carbocycles. The van der Waals surface area contributed by atoms with Crippen LogP contribution in [0.15, 0.2) is 22.7 Å². The van der Waals surface area contributed by atoms with Crippen molar-refractivity contribution in [2.75, 3.05) is 0 Å². The Kier molecular flexibility index (Phi) is 3.78. The number of carboxylic acid groups (broad SMARTS) is 1. The molecule has 98 valence electrons. The molecule has 1 N–H and O–H groups in total. The van der Waals surface area contributed by atoms with Gasteiger partial charge < -0.3 is 5.11 Å². The summed E-state index contributed by atoms with van der Waals surface area (Å²) < 4.78 is 1.05. The van der Waals surface area contributed by atoms with Gasteiger partial charge in [0.2, 0.25) is 0 Å². The molecule has 1 aromatic carbocycles. The number of carbonyl (C=O) groups is 1. The van der Waals surface area contributed by atoms with Gasteiger partial charge in [0.1, 0.15) is 5.54 Å². The molecule has 0 amide bonds. The zero-order valence-electron chi connectivity index (χ0n) is 10.7. The fraction of sp³-hybridized carbons (Fsp3) is 0.500. The van der Waals surface area contributed by atoms with Crippen molar-refractivity contribution >= 4 is 21.9 Å². The number of benzene rings is 1. The van der Waals surface area contributed by atoms with Gasteiger partial charge in [-0.05, 0) is 36.1 Å². The van der Waals surface area contributed by atoms with Crippen LogP contribution in [0.5, 0.6) is 0 Å². The third kappa shape index (κ3) is 2.08. The number of halogens is 1. The molecule has 0 aromatic heterocycles. The topological polar surface area (TPSA) is 40.5 Å². The van der Waals surface area contributed by atoms with E-state index in [0.717, 1.165) is 17.6 Å². The van der Waals surface area contributed by atoms with Gasteiger partial charge >= 0.3 is 5.97 Å². The quantitative estimate of drug-likeness (QED) is 0.926. The summed E-state index contributed by atoms with van der Waals surface area (Å²) in [6.45, 7) is 5.37. The van der Waals surface area contributed by atoms with Gasteiger partial charge in [0.15, 0.2) is 0 Å². The fourth-order valence-corrected chi connectivity index (χ4v) is 3.21. The minimum atomic E-state index is -0.731. The maximum Gasteiger partial charge on any atom is 0.324 e. The average Bonchev–Trinajstić information content (AvgIpc) is 2.74. The van der Waals surface area contributed by atoms with Crippen molar-refractivity contribution in [2.45, 2.75) is 45.3 Å². The van der Waals surface area contributed by atoms with E-state index in [9.17, 15) is 9.90 Å². The fourth-order valence-electron chi connectivity index (χ4n) is 2.80. The Labute approximate surface area is 116 Å². The van der Waals surface area contributed by atoms with Crippen LogP contribution in [0, 0.1) is 0 Å². The Morgan fingerprint density at radius 1 is 1.33 bits per heavy atom. The predicted molar refractivity (Wildman–Crippen MR) is 74.3 cm³/mol. The van der Waals surface area contributed by atoms with Crippen LogP contribution in [-0.2, 0) is 17.9 Å². The van der Waals surface area contributed by atoms with Gasteiger partial charge in [-0.1, -0.05) is 35.8 Å². The van der Waals surface area contributed by atoms with Gasteiger partial charge in [0, 0.05) is 17.6 Å². The lowest BCUT2D eigenvalue weighted by atomic mass is 9.91. The van der Waals surface area contributed by atoms with E-state index in [1.165, 1.54) is 11.1 Å². The second kappa shape index (κ2) is 5.02. The van der Waals surface area contributed by atoms with Crippen LogP contribution in [0.3, 0.4) is 0 Å². The molecule has 0 spiro atoms. The lowest BCUT2D eigenvalue weighted by molar-refractivity contribution is -0.153. The van der Waals surface area contributed by atoms with Gasteiger partial charge in [-0.25, -0.2) is 0 Å². The molecule has 0 radical (unpaired) electrons. The molecule has 1 aliphatic rings. The van der Waals surface area contributed by atoms with Crippen LogP contribution in [0.4, 0.5) is 0 Å². The number of aliphatic carboxylic acids is 1. The monoisotopic (exact) mass is 311 g/mol. The number of hydrogen-bond acceptors (Lipinski definition) is 2. The van der Waals surface area contributed by atoms with Crippen LogP contribution in [0.25, 0.3) is 0 Å². The van der Waals surface area contributed by atoms with Crippen molar-refractivity contribution in [3.8, 4) is 0 Å². The Bertz CT molecular complexity index is 469. The second-order valence-corrected chi connectivity index (χ2v) is 5.73. The van der Waals surface area contributed by atoms with Gasteiger partial charge in [0.25, 0.3) is 0 Å². The van der Waals surface area contributed by atoms with Crippen LogP contribution < -0.4 is 0 Å². The molecule has 0 fully saturated rings. The third-order valence-corrected chi connectivity index (χ3v) is 4.56. The molecule has 4 heteroatoms. The summed E-state index contributed by atoms with van der Waals surface area (Å²) in [6, 6.07) is 6.19. The summed E-state index contributed by atoms with van der Waals surface area (Å²) in [5, 5.41) is 9.57. The molecular weight excluding hydrogens is 294 g/mol. The lowest BCUT2D eigenvalue weighted by Gasteiger charge is -2.36. The first-order valence-corrected chi connectivity index (χ1v) is 7.08. The number of carboxylic acids is 1. The van der Waals surface area contributed by atoms with Crippen molar-refractivity contribution in [2.24, 2.45) is 0 Å². The van der Waals surface area contributed by atoms with E-state index in [4.69, 9.17) is 0 Å². The number of rotatable bonds is 4. The minimum Gasteiger partial charge on any atom is -0.480 e. The highest BCUT2D eigenvalue weighted by Gasteiger charge is 2.43. The SMILES string of the molecule is CCC(CC)(C(=O)O)N1Cc2ccc(Br)cc2C1. The molecule has 0 atom stereocenters. The molecule has 0 saturated heterocycles. The highest BCUT2D eigenvalue weighted by atomic mass is 79.9. The summed E-state index contributed by atoms with van der Waals surface area (Å²) >= 11 is 3.46. The van der Waals surface area contributed by atoms with Crippen molar-refractivity contribution < 1.29 is 9.90 Å². The van der Waals surface area contributed by atoms with E-state index in [2.05, 4.69) is 33.0 Å². The summed E-state index contributed by atoms with van der Waals surface area (Å²) in [4.78, 5) is 13.7. The second-order valence-electron chi connectivity index (χ2n) is 4.81. The van der Waals surface area contributed by atoms with Crippen LogP contribution in [0.1, 0.15) is 37.8 Å². The summed E-state index contributed by atoms with van der Waals surface area (Å²) in [5.41, 5.74) is 1.74. The lowest BCUT2D eigenvalue weighted by Crippen LogP contribution is -2.51. The normalized spacial score (nSPS) is 15.7. The largest absolute Gasteiger partial charge is 0.480 e. The average molecular weight is 312 g/mol. The van der Waals surface area contributed by atoms with Gasteiger partial charge in [0.05, 0.1) is 0 Å².